The highest BCUT2D eigenvalue weighted by Gasteiger charge is 0.726. The second-order valence-electron chi connectivity index (χ2n) is 0. The van der Waals surface area contributed by atoms with Crippen LogP contribution in [-0.4, -0.2) is 0 Å². The van der Waals surface area contributed by atoms with Crippen LogP contribution in [0, 0.1) is 0 Å². The number of halogens is 2. The molecule has 0 fully saturated rings. The molecule has 0 atom stereocenters. The van der Waals surface area contributed by atoms with E-state index in [-0.39, 0.29) is 48.0 Å². The third-order valence-electron chi connectivity index (χ3n) is 0. The minimum absolute atomic E-state index is 0. The van der Waals surface area contributed by atoms with E-state index < -0.39 is 0 Å². The molecule has 0 amide bonds. The third kappa shape index (κ3) is 10.1. The van der Waals surface area contributed by atoms with Gasteiger partial charge in [-0.2, -0.15) is 0 Å². The van der Waals surface area contributed by atoms with Crippen LogP contribution < -0.4 is 11.7 Å². The fourth-order valence-corrected chi connectivity index (χ4v) is 0. The molecule has 0 unspecified atom stereocenters. The molecular weight excluding hydrogens is 282 g/mol. The van der Waals surface area contributed by atoms with Crippen LogP contribution in [0.2, 0.25) is 0 Å². The topological polar surface area (TPSA) is 52.0 Å². The number of hydrazine groups is 1. The molecule has 0 aromatic carbocycles. The second kappa shape index (κ2) is 26.3. The van der Waals surface area contributed by atoms with Gasteiger partial charge >= 0.3 is 0 Å². The highest BCUT2D eigenvalue weighted by Crippen LogP contribution is 0.887. The molecule has 0 bridgehead atoms. The van der Waals surface area contributed by atoms with E-state index in [1.54, 1.807) is 0 Å². The smallest absolute Gasteiger partial charge is 0.107 e. The lowest BCUT2D eigenvalue weighted by Crippen LogP contribution is -2.02. The number of nitrogens with two attached hydrogens (primary N) is 2. The Kier molecular flexibility index (Phi) is 120. The summed E-state index contributed by atoms with van der Waals surface area (Å²) in [5.74, 6) is 8.00. The first-order valence-electron chi connectivity index (χ1n) is 0.333. The summed E-state index contributed by atoms with van der Waals surface area (Å²) in [6.45, 7) is 0. The molecule has 0 aromatic rings. The highest BCUT2D eigenvalue weighted by molar-refractivity contribution is 14.0. The third-order valence-corrected chi connectivity index (χ3v) is 0. The van der Waals surface area contributed by atoms with E-state index in [1.165, 1.54) is 0 Å². The van der Waals surface area contributed by atoms with Crippen molar-refractivity contribution in [2.45, 2.75) is 0 Å². The summed E-state index contributed by atoms with van der Waals surface area (Å²) in [5.41, 5.74) is 0. The van der Waals surface area contributed by atoms with Gasteiger partial charge in [0.2, 0.25) is 0 Å². The van der Waals surface area contributed by atoms with Gasteiger partial charge in [-0.1, -0.05) is 0 Å². The number of rotatable bonds is 0. The van der Waals surface area contributed by atoms with Gasteiger partial charge in [0.05, 0.1) is 0 Å². The number of hydrogen-bond donors (Lipinski definition) is 2. The Morgan fingerprint density at radius 3 is 0.750 bits per heavy atom. The summed E-state index contributed by atoms with van der Waals surface area (Å²) >= 11 is 0. The fraction of sp³-hybridized carbons (Fsp3) is 0. The van der Waals surface area contributed by atoms with Gasteiger partial charge < -0.3 is 0 Å². The van der Waals surface area contributed by atoms with E-state index in [2.05, 4.69) is 11.7 Å². The maximum Gasteiger partial charge on any atom is -0.107 e. The fourth-order valence-electron chi connectivity index (χ4n) is 0. The maximum atomic E-state index is 4.00. The Labute approximate surface area is 59.3 Å². The van der Waals surface area contributed by atoms with Gasteiger partial charge in [0, 0.05) is 0 Å². The predicted molar refractivity (Wildman–Crippen MR) is 39.2 cm³/mol. The quantitative estimate of drug-likeness (QED) is 0.376. The van der Waals surface area contributed by atoms with Crippen molar-refractivity contribution in [2.24, 2.45) is 11.7 Å². The van der Waals surface area contributed by atoms with Crippen molar-refractivity contribution >= 4 is 48.0 Å². The molecule has 0 aromatic heterocycles. The van der Waals surface area contributed by atoms with Crippen LogP contribution in [0.4, 0.5) is 0 Å². The van der Waals surface area contributed by atoms with E-state index in [0.717, 1.165) is 0 Å². The van der Waals surface area contributed by atoms with Crippen LogP contribution in [-0.2, 0) is 0 Å². The Bertz CT molecular complexity index is 4.00. The summed E-state index contributed by atoms with van der Waals surface area (Å²) in [4.78, 5) is 0. The van der Waals surface area contributed by atoms with Crippen LogP contribution in [0.25, 0.3) is 0 Å². The van der Waals surface area contributed by atoms with E-state index in [0.29, 0.717) is 0 Å². The van der Waals surface area contributed by atoms with Crippen molar-refractivity contribution in [1.29, 1.82) is 0 Å². The molecule has 0 aliphatic carbocycles. The van der Waals surface area contributed by atoms with Gasteiger partial charge in [0.15, 0.2) is 0 Å². The van der Waals surface area contributed by atoms with Crippen LogP contribution in [0.5, 0.6) is 0 Å². The van der Waals surface area contributed by atoms with E-state index in [1.807, 2.05) is 0 Å². The van der Waals surface area contributed by atoms with Crippen molar-refractivity contribution in [2.75, 3.05) is 0 Å². The van der Waals surface area contributed by atoms with Crippen molar-refractivity contribution < 1.29 is 0 Å². The predicted octanol–water partition coefficient (Wildman–Crippen LogP) is 0.0548. The molecule has 0 saturated heterocycles. The van der Waals surface area contributed by atoms with E-state index in [9.17, 15) is 0 Å². The van der Waals surface area contributed by atoms with Gasteiger partial charge in [0.25, 0.3) is 0 Å². The molecule has 2 nitrogen and oxygen atoms in total. The van der Waals surface area contributed by atoms with Gasteiger partial charge in [0.1, 0.15) is 0 Å². The Hall–Kier alpha value is 1.38. The molecule has 0 saturated carbocycles. The van der Waals surface area contributed by atoms with Gasteiger partial charge in [-0.15, -0.1) is 48.0 Å². The lowest BCUT2D eigenvalue weighted by Gasteiger charge is -1.27. The standard InChI is InChI=1S/2HI.H4N2/c;;1-2/h2*1H;1-2H2. The summed E-state index contributed by atoms with van der Waals surface area (Å²) in [5, 5.41) is 0. The molecule has 30 valence electrons. The zero-order chi connectivity index (χ0) is 2.00. The van der Waals surface area contributed by atoms with Crippen LogP contribution in [0.1, 0.15) is 0 Å². The minimum Gasteiger partial charge on any atom is -0.274 e. The van der Waals surface area contributed by atoms with Gasteiger partial charge in [-0.25, -0.2) is 0 Å². The van der Waals surface area contributed by atoms with E-state index >= 15 is 0 Å². The van der Waals surface area contributed by atoms with Crippen molar-refractivity contribution in [3.63, 3.8) is 0 Å². The number of hydrogen-bond acceptors (Lipinski definition) is 2. The first-order chi connectivity index (χ1) is 1.00. The largest absolute Gasteiger partial charge is 0.274 e. The molecule has 0 aliphatic heterocycles. The van der Waals surface area contributed by atoms with Gasteiger partial charge in [-0.05, 0) is 0 Å². The normalized spacial score (nSPS) is 1.50. The molecule has 0 spiro atoms. The summed E-state index contributed by atoms with van der Waals surface area (Å²) in [7, 11) is 0. The first kappa shape index (κ1) is 18.2. The van der Waals surface area contributed by atoms with Crippen molar-refractivity contribution in [1.82, 2.24) is 0 Å². The highest BCUT2D eigenvalue weighted by atomic mass is 127. The summed E-state index contributed by atoms with van der Waals surface area (Å²) < 4.78 is 0. The van der Waals surface area contributed by atoms with Crippen molar-refractivity contribution in [3.8, 4) is 0 Å². The molecular formula is H6I2N2. The van der Waals surface area contributed by atoms with E-state index in [4.69, 9.17) is 0 Å². The minimum atomic E-state index is 0. The zero-order valence-corrected chi connectivity index (χ0v) is 6.63. The van der Waals surface area contributed by atoms with Crippen LogP contribution in [0.3, 0.4) is 0 Å². The monoisotopic (exact) mass is 288 g/mol. The van der Waals surface area contributed by atoms with Crippen LogP contribution >= 0.6 is 48.0 Å². The molecule has 4 N–H and O–H groups in total. The molecule has 4 heteroatoms. The first-order valence-corrected chi connectivity index (χ1v) is 0.333. The Morgan fingerprint density at radius 2 is 0.750 bits per heavy atom. The zero-order valence-electron chi connectivity index (χ0n) is 1.97. The molecule has 0 heterocycles. The van der Waals surface area contributed by atoms with Gasteiger partial charge in [-0.3, -0.25) is 11.7 Å². The maximum absolute atomic E-state index is 4.00. The van der Waals surface area contributed by atoms with Crippen LogP contribution in [0.15, 0.2) is 0 Å². The Morgan fingerprint density at radius 1 is 0.750 bits per heavy atom. The molecule has 0 radical (unpaired) electrons. The average molecular weight is 288 g/mol. The average Bonchev–Trinajstić information content (AvgIpc) is 1.00. The summed E-state index contributed by atoms with van der Waals surface area (Å²) in [6.07, 6.45) is 0. The molecule has 0 aliphatic rings. The SMILES string of the molecule is I.I.NN. The second-order valence-corrected chi connectivity index (χ2v) is 0. The molecule has 4 heavy (non-hydrogen) atoms. The molecule has 0 rings (SSSR count). The van der Waals surface area contributed by atoms with Crippen molar-refractivity contribution in [3.05, 3.63) is 0 Å². The summed E-state index contributed by atoms with van der Waals surface area (Å²) in [6, 6.07) is 0. The lowest BCUT2D eigenvalue weighted by atomic mass is 13.0. The lowest BCUT2D eigenvalue weighted by molar-refractivity contribution is 1.26. The Balaban J connectivity index is -0.00000000500.